The third-order valence-electron chi connectivity index (χ3n) is 4.92. The highest BCUT2D eigenvalue weighted by molar-refractivity contribution is 5.18. The normalized spacial score (nSPS) is 34.3. The van der Waals surface area contributed by atoms with Gasteiger partial charge < -0.3 is 14.2 Å². The molecular weight excluding hydrogens is 270 g/mol. The van der Waals surface area contributed by atoms with Crippen LogP contribution >= 0.6 is 0 Å². The van der Waals surface area contributed by atoms with Gasteiger partial charge in [0.2, 0.25) is 5.89 Å². The lowest BCUT2D eigenvalue weighted by atomic mass is 9.89. The number of rotatable bonds is 2. The van der Waals surface area contributed by atoms with E-state index in [-0.39, 0.29) is 12.1 Å². The molecule has 5 heterocycles. The van der Waals surface area contributed by atoms with E-state index in [0.29, 0.717) is 17.9 Å². The van der Waals surface area contributed by atoms with Crippen molar-refractivity contribution in [3.8, 4) is 0 Å². The zero-order chi connectivity index (χ0) is 13.8. The first-order valence-corrected chi connectivity index (χ1v) is 7.60. The Kier molecular flexibility index (Phi) is 2.48. The van der Waals surface area contributed by atoms with Gasteiger partial charge in [0.05, 0.1) is 41.9 Å². The van der Waals surface area contributed by atoms with Crippen LogP contribution in [0.5, 0.6) is 0 Å². The molecular formula is C14H17N5O2. The maximum Gasteiger partial charge on any atom is 0.244 e. The minimum Gasteiger partial charge on any atom is -0.374 e. The average Bonchev–Trinajstić information content (AvgIpc) is 3.27. The van der Waals surface area contributed by atoms with Crippen molar-refractivity contribution < 1.29 is 9.26 Å². The first-order valence-electron chi connectivity index (χ1n) is 7.60. The number of aromatic amines is 1. The van der Waals surface area contributed by atoms with Crippen LogP contribution in [0.2, 0.25) is 0 Å². The van der Waals surface area contributed by atoms with Crippen LogP contribution in [0.25, 0.3) is 0 Å². The van der Waals surface area contributed by atoms with Gasteiger partial charge in [-0.2, -0.15) is 4.98 Å². The maximum atomic E-state index is 5.88. The highest BCUT2D eigenvalue weighted by Crippen LogP contribution is 2.43. The Morgan fingerprint density at radius 2 is 2.29 bits per heavy atom. The van der Waals surface area contributed by atoms with E-state index in [1.54, 1.807) is 6.33 Å². The molecule has 4 unspecified atom stereocenters. The van der Waals surface area contributed by atoms with Crippen LogP contribution in [-0.2, 0) is 17.7 Å². The van der Waals surface area contributed by atoms with Crippen LogP contribution in [-0.4, -0.2) is 32.3 Å². The predicted molar refractivity (Wildman–Crippen MR) is 71.4 cm³/mol. The number of nitrogens with zero attached hydrogens (tertiary/aromatic N) is 3. The fraction of sp³-hybridized carbons (Fsp3) is 0.643. The lowest BCUT2D eigenvalue weighted by Crippen LogP contribution is -2.29. The zero-order valence-corrected chi connectivity index (χ0v) is 11.6. The molecule has 0 spiro atoms. The van der Waals surface area contributed by atoms with Crippen LogP contribution in [0.3, 0.4) is 0 Å². The van der Waals surface area contributed by atoms with E-state index in [0.717, 1.165) is 43.0 Å². The molecule has 4 atom stereocenters. The van der Waals surface area contributed by atoms with Crippen LogP contribution in [0.1, 0.15) is 54.3 Å². The summed E-state index contributed by atoms with van der Waals surface area (Å²) in [5, 5.41) is 7.62. The summed E-state index contributed by atoms with van der Waals surface area (Å²) in [5.41, 5.74) is 2.23. The third-order valence-corrected chi connectivity index (χ3v) is 4.92. The summed E-state index contributed by atoms with van der Waals surface area (Å²) in [7, 11) is 0. The van der Waals surface area contributed by atoms with Gasteiger partial charge in [0, 0.05) is 13.0 Å². The quantitative estimate of drug-likeness (QED) is 0.863. The second-order valence-corrected chi connectivity index (χ2v) is 6.17. The molecule has 0 saturated carbocycles. The topological polar surface area (TPSA) is 88.9 Å². The summed E-state index contributed by atoms with van der Waals surface area (Å²) in [5.74, 6) is 1.79. The van der Waals surface area contributed by atoms with Crippen LogP contribution in [0, 0.1) is 0 Å². The van der Waals surface area contributed by atoms with E-state index >= 15 is 0 Å². The van der Waals surface area contributed by atoms with Gasteiger partial charge in [-0.25, -0.2) is 4.98 Å². The van der Waals surface area contributed by atoms with E-state index in [1.165, 1.54) is 6.42 Å². The van der Waals surface area contributed by atoms with Gasteiger partial charge in [0.1, 0.15) is 0 Å². The number of hydrogen-bond acceptors (Lipinski definition) is 6. The molecule has 3 aliphatic rings. The summed E-state index contributed by atoms with van der Waals surface area (Å²) in [4.78, 5) is 12.1. The van der Waals surface area contributed by atoms with Gasteiger partial charge in [-0.1, -0.05) is 5.16 Å². The van der Waals surface area contributed by atoms with E-state index in [2.05, 4.69) is 25.4 Å². The molecule has 0 amide bonds. The summed E-state index contributed by atoms with van der Waals surface area (Å²) in [6.07, 6.45) is 6.55. The van der Waals surface area contributed by atoms with Gasteiger partial charge >= 0.3 is 0 Å². The maximum absolute atomic E-state index is 5.88. The number of imidazole rings is 1. The third kappa shape index (κ3) is 1.84. The van der Waals surface area contributed by atoms with E-state index < -0.39 is 0 Å². The van der Waals surface area contributed by atoms with Gasteiger partial charge in [0.25, 0.3) is 0 Å². The van der Waals surface area contributed by atoms with Gasteiger partial charge in [0.15, 0.2) is 5.82 Å². The van der Waals surface area contributed by atoms with E-state index in [4.69, 9.17) is 9.26 Å². The van der Waals surface area contributed by atoms with Crippen LogP contribution < -0.4 is 5.32 Å². The number of ether oxygens (including phenoxy) is 1. The molecule has 3 aliphatic heterocycles. The van der Waals surface area contributed by atoms with Crippen molar-refractivity contribution in [3.63, 3.8) is 0 Å². The van der Waals surface area contributed by atoms with Crippen LogP contribution in [0.4, 0.5) is 0 Å². The smallest absolute Gasteiger partial charge is 0.244 e. The van der Waals surface area contributed by atoms with Gasteiger partial charge in [-0.3, -0.25) is 5.32 Å². The fourth-order valence-corrected chi connectivity index (χ4v) is 3.79. The highest BCUT2D eigenvalue weighted by Gasteiger charge is 2.44. The molecule has 2 aromatic rings. The monoisotopic (exact) mass is 287 g/mol. The standard InChI is InChI=1S/C14H17N5O2/c1-2-12-8(3-7(1)20-12)13-18-14(21-19-13)10-4-9-11(5-15-10)17-6-16-9/h6-8,10,12,15H,1-5H2,(H,16,17). The molecule has 2 bridgehead atoms. The van der Waals surface area contributed by atoms with E-state index in [1.807, 2.05) is 0 Å². The molecule has 2 N–H and O–H groups in total. The second kappa shape index (κ2) is 4.38. The Morgan fingerprint density at radius 3 is 3.14 bits per heavy atom. The Bertz CT molecular complexity index is 666. The van der Waals surface area contributed by atoms with Crippen molar-refractivity contribution in [3.05, 3.63) is 29.4 Å². The number of fused-ring (bicyclic) bond motifs is 3. The summed E-state index contributed by atoms with van der Waals surface area (Å²) < 4.78 is 11.4. The highest BCUT2D eigenvalue weighted by atomic mass is 16.5. The van der Waals surface area contributed by atoms with Crippen molar-refractivity contribution in [2.75, 3.05) is 0 Å². The SMILES string of the molecule is c1nc2c([nH]1)CNC(c1nc(C3CC4CCC3O4)no1)C2. The van der Waals surface area contributed by atoms with Crippen molar-refractivity contribution in [2.24, 2.45) is 0 Å². The largest absolute Gasteiger partial charge is 0.374 e. The lowest BCUT2D eigenvalue weighted by molar-refractivity contribution is 0.0996. The molecule has 110 valence electrons. The number of hydrogen-bond donors (Lipinski definition) is 2. The van der Waals surface area contributed by atoms with Crippen molar-refractivity contribution in [2.45, 2.75) is 56.4 Å². The summed E-state index contributed by atoms with van der Waals surface area (Å²) in [6.45, 7) is 0.759. The van der Waals surface area contributed by atoms with Crippen molar-refractivity contribution in [1.29, 1.82) is 0 Å². The zero-order valence-electron chi connectivity index (χ0n) is 11.6. The number of nitrogens with one attached hydrogen (secondary N) is 2. The molecule has 2 saturated heterocycles. The van der Waals surface area contributed by atoms with Gasteiger partial charge in [-0.15, -0.1) is 0 Å². The van der Waals surface area contributed by atoms with Crippen LogP contribution in [0.15, 0.2) is 10.9 Å². The lowest BCUT2D eigenvalue weighted by Gasteiger charge is -2.19. The molecule has 7 nitrogen and oxygen atoms in total. The Hall–Kier alpha value is -1.73. The molecule has 2 fully saturated rings. The van der Waals surface area contributed by atoms with Crippen molar-refractivity contribution in [1.82, 2.24) is 25.4 Å². The molecule has 21 heavy (non-hydrogen) atoms. The van der Waals surface area contributed by atoms with Crippen molar-refractivity contribution >= 4 is 0 Å². The minimum atomic E-state index is 0.0570. The Balaban J connectivity index is 1.37. The summed E-state index contributed by atoms with van der Waals surface area (Å²) in [6, 6.07) is 0.0570. The molecule has 0 radical (unpaired) electrons. The summed E-state index contributed by atoms with van der Waals surface area (Å²) >= 11 is 0. The molecule has 0 aromatic carbocycles. The Labute approximate surface area is 121 Å². The second-order valence-electron chi connectivity index (χ2n) is 6.17. The fourth-order valence-electron chi connectivity index (χ4n) is 3.79. The average molecular weight is 287 g/mol. The first kappa shape index (κ1) is 11.9. The van der Waals surface area contributed by atoms with E-state index in [9.17, 15) is 0 Å². The molecule has 7 heteroatoms. The predicted octanol–water partition coefficient (Wildman–Crippen LogP) is 1.21. The molecule has 0 aliphatic carbocycles. The molecule has 2 aromatic heterocycles. The number of H-pyrrole nitrogens is 1. The first-order chi connectivity index (χ1) is 10.4. The molecule has 5 rings (SSSR count). The van der Waals surface area contributed by atoms with Gasteiger partial charge in [-0.05, 0) is 19.3 Å². The minimum absolute atomic E-state index is 0.0570. The Morgan fingerprint density at radius 1 is 1.29 bits per heavy atom. The number of aromatic nitrogens is 4.